The first-order chi connectivity index (χ1) is 12.2. The van der Waals surface area contributed by atoms with Crippen LogP contribution < -0.4 is 0 Å². The molecule has 1 nitrogen and oxygen atoms in total. The van der Waals surface area contributed by atoms with Crippen molar-refractivity contribution < 1.29 is 13.5 Å². The predicted molar refractivity (Wildman–Crippen MR) is 101 cm³/mol. The predicted octanol–water partition coefficient (Wildman–Crippen LogP) is 7.29. The first-order valence-electron chi connectivity index (χ1n) is 10.5. The van der Waals surface area contributed by atoms with Gasteiger partial charge in [-0.3, -0.25) is 0 Å². The number of ether oxygens (including phenoxy) is 1. The zero-order chi connectivity index (χ0) is 17.9. The molecule has 25 heavy (non-hydrogen) atoms. The van der Waals surface area contributed by atoms with Gasteiger partial charge in [-0.05, 0) is 75.2 Å². The number of hydrogen-bond donors (Lipinski definition) is 0. The van der Waals surface area contributed by atoms with Crippen molar-refractivity contribution in [1.82, 2.24) is 0 Å². The van der Waals surface area contributed by atoms with Crippen molar-refractivity contribution in [3.63, 3.8) is 0 Å². The molecule has 0 amide bonds. The van der Waals surface area contributed by atoms with Crippen LogP contribution >= 0.6 is 0 Å². The molecule has 0 aromatic heterocycles. The van der Waals surface area contributed by atoms with Crippen LogP contribution in [-0.2, 0) is 4.74 Å². The monoisotopic (exact) mass is 354 g/mol. The van der Waals surface area contributed by atoms with Crippen molar-refractivity contribution in [3.05, 3.63) is 24.3 Å². The molecule has 2 unspecified atom stereocenters. The topological polar surface area (TPSA) is 9.23 Å². The largest absolute Gasteiger partial charge is 0.374 e. The van der Waals surface area contributed by atoms with Crippen LogP contribution in [-0.4, -0.2) is 12.7 Å². The molecule has 0 aromatic rings. The number of hydrogen-bond acceptors (Lipinski definition) is 1. The van der Waals surface area contributed by atoms with Gasteiger partial charge >= 0.3 is 0 Å². The van der Waals surface area contributed by atoms with Gasteiger partial charge in [-0.1, -0.05) is 44.8 Å². The second-order valence-electron chi connectivity index (χ2n) is 8.05. The summed E-state index contributed by atoms with van der Waals surface area (Å²) in [5.74, 6) is 1.63. The van der Waals surface area contributed by atoms with E-state index in [2.05, 4.69) is 19.1 Å². The zero-order valence-corrected chi connectivity index (χ0v) is 15.9. The molecule has 0 N–H and O–H groups in total. The van der Waals surface area contributed by atoms with Crippen molar-refractivity contribution in [2.75, 3.05) is 6.61 Å². The van der Waals surface area contributed by atoms with E-state index in [0.717, 1.165) is 50.5 Å². The number of halogens is 2. The SMILES string of the molecule is CCCC=CC1CCC(CCCCC2CCC(C=C(F)F)CC2)CO1. The molecular weight excluding hydrogens is 318 g/mol. The highest BCUT2D eigenvalue weighted by atomic mass is 19.3. The Morgan fingerprint density at radius 3 is 2.24 bits per heavy atom. The fraction of sp³-hybridized carbons (Fsp3) is 0.818. The van der Waals surface area contributed by atoms with E-state index >= 15 is 0 Å². The molecule has 1 aliphatic heterocycles. The Bertz CT molecular complexity index is 398. The molecule has 2 fully saturated rings. The molecule has 2 rings (SSSR count). The Kier molecular flexibility index (Phi) is 9.75. The minimum absolute atomic E-state index is 0.125. The van der Waals surface area contributed by atoms with Gasteiger partial charge in [-0.2, -0.15) is 8.78 Å². The van der Waals surface area contributed by atoms with E-state index in [9.17, 15) is 8.78 Å². The molecular formula is C22H36F2O. The maximum atomic E-state index is 12.3. The van der Waals surface area contributed by atoms with Gasteiger partial charge in [0.1, 0.15) is 0 Å². The summed E-state index contributed by atoms with van der Waals surface area (Å²) < 4.78 is 30.6. The molecule has 3 heteroatoms. The molecule has 0 bridgehead atoms. The summed E-state index contributed by atoms with van der Waals surface area (Å²) >= 11 is 0. The molecule has 0 spiro atoms. The maximum absolute atomic E-state index is 12.3. The average Bonchev–Trinajstić information content (AvgIpc) is 2.61. The lowest BCUT2D eigenvalue weighted by Gasteiger charge is -2.28. The molecule has 0 aromatic carbocycles. The van der Waals surface area contributed by atoms with Crippen LogP contribution in [0.2, 0.25) is 0 Å². The van der Waals surface area contributed by atoms with Gasteiger partial charge in [-0.15, -0.1) is 0 Å². The summed E-state index contributed by atoms with van der Waals surface area (Å²) in [5.41, 5.74) is 0. The lowest BCUT2D eigenvalue weighted by Crippen LogP contribution is -2.24. The van der Waals surface area contributed by atoms with Gasteiger partial charge in [-0.25, -0.2) is 0 Å². The Hall–Kier alpha value is -0.700. The van der Waals surface area contributed by atoms with Gasteiger partial charge in [0.2, 0.25) is 0 Å². The van der Waals surface area contributed by atoms with Crippen LogP contribution in [0.5, 0.6) is 0 Å². The van der Waals surface area contributed by atoms with Crippen molar-refractivity contribution >= 4 is 0 Å². The number of unbranched alkanes of at least 4 members (excludes halogenated alkanes) is 2. The lowest BCUT2D eigenvalue weighted by molar-refractivity contribution is 0.00762. The summed E-state index contributed by atoms with van der Waals surface area (Å²) in [6.45, 7) is 3.13. The first kappa shape index (κ1) is 20.6. The molecule has 144 valence electrons. The van der Waals surface area contributed by atoms with Gasteiger partial charge in [0, 0.05) is 0 Å². The molecule has 2 atom stereocenters. The van der Waals surface area contributed by atoms with E-state index in [0.29, 0.717) is 6.10 Å². The van der Waals surface area contributed by atoms with Crippen molar-refractivity contribution in [2.45, 2.75) is 90.1 Å². The molecule has 1 heterocycles. The minimum Gasteiger partial charge on any atom is -0.374 e. The average molecular weight is 355 g/mol. The molecule has 1 saturated heterocycles. The minimum atomic E-state index is -1.50. The van der Waals surface area contributed by atoms with Crippen molar-refractivity contribution in [2.24, 2.45) is 17.8 Å². The van der Waals surface area contributed by atoms with Gasteiger partial charge < -0.3 is 4.74 Å². The first-order valence-corrected chi connectivity index (χ1v) is 10.5. The Balaban J connectivity index is 1.50. The summed E-state index contributed by atoms with van der Waals surface area (Å²) in [4.78, 5) is 0. The normalized spacial score (nSPS) is 30.5. The summed E-state index contributed by atoms with van der Waals surface area (Å²) in [5, 5.41) is 0. The van der Waals surface area contributed by atoms with Crippen LogP contribution in [0.15, 0.2) is 24.3 Å². The van der Waals surface area contributed by atoms with Crippen molar-refractivity contribution in [1.29, 1.82) is 0 Å². The zero-order valence-electron chi connectivity index (χ0n) is 15.9. The van der Waals surface area contributed by atoms with Crippen LogP contribution in [0.4, 0.5) is 8.78 Å². The highest BCUT2D eigenvalue weighted by Gasteiger charge is 2.22. The summed E-state index contributed by atoms with van der Waals surface area (Å²) in [6.07, 6.45) is 18.7. The molecule has 2 aliphatic rings. The van der Waals surface area contributed by atoms with E-state index in [-0.39, 0.29) is 5.92 Å². The maximum Gasteiger partial charge on any atom is 0.266 e. The third-order valence-electron chi connectivity index (χ3n) is 5.94. The van der Waals surface area contributed by atoms with Crippen LogP contribution in [0.3, 0.4) is 0 Å². The highest BCUT2D eigenvalue weighted by Crippen LogP contribution is 2.34. The molecule has 1 saturated carbocycles. The quantitative estimate of drug-likeness (QED) is 0.312. The molecule has 1 aliphatic carbocycles. The van der Waals surface area contributed by atoms with Crippen LogP contribution in [0.1, 0.15) is 84.0 Å². The molecule has 0 radical (unpaired) electrons. The second-order valence-corrected chi connectivity index (χ2v) is 8.05. The second kappa shape index (κ2) is 11.8. The fourth-order valence-electron chi connectivity index (χ4n) is 4.31. The van der Waals surface area contributed by atoms with E-state index in [1.54, 1.807) is 0 Å². The van der Waals surface area contributed by atoms with E-state index in [1.807, 2.05) is 0 Å². The third kappa shape index (κ3) is 8.48. The van der Waals surface area contributed by atoms with Crippen LogP contribution in [0, 0.1) is 17.8 Å². The van der Waals surface area contributed by atoms with E-state index in [1.165, 1.54) is 51.0 Å². The van der Waals surface area contributed by atoms with Crippen LogP contribution in [0.25, 0.3) is 0 Å². The Labute approximate surface area is 152 Å². The number of rotatable bonds is 9. The Morgan fingerprint density at radius 2 is 1.64 bits per heavy atom. The third-order valence-corrected chi connectivity index (χ3v) is 5.94. The standard InChI is InChI=1S/C22H36F2O/c1-2-3-4-9-21-15-14-20(17-25-21)8-6-5-7-18-10-12-19(13-11-18)16-22(23)24/h4,9,16,18-21H,2-3,5-8,10-15,17H2,1H3. The number of allylic oxidation sites excluding steroid dienone is 2. The fourth-order valence-corrected chi connectivity index (χ4v) is 4.31. The van der Waals surface area contributed by atoms with Gasteiger partial charge in [0.05, 0.1) is 12.7 Å². The van der Waals surface area contributed by atoms with E-state index < -0.39 is 6.08 Å². The summed E-state index contributed by atoms with van der Waals surface area (Å²) in [7, 11) is 0. The van der Waals surface area contributed by atoms with Gasteiger partial charge in [0.15, 0.2) is 0 Å². The highest BCUT2D eigenvalue weighted by molar-refractivity contribution is 4.92. The summed E-state index contributed by atoms with van der Waals surface area (Å²) in [6, 6.07) is 0. The lowest BCUT2D eigenvalue weighted by atomic mass is 9.79. The smallest absolute Gasteiger partial charge is 0.266 e. The van der Waals surface area contributed by atoms with E-state index in [4.69, 9.17) is 4.74 Å². The van der Waals surface area contributed by atoms with Gasteiger partial charge in [0.25, 0.3) is 6.08 Å². The van der Waals surface area contributed by atoms with Crippen molar-refractivity contribution in [3.8, 4) is 0 Å². The Morgan fingerprint density at radius 1 is 0.960 bits per heavy atom.